The molecule has 2 heterocycles. The molecule has 2 atom stereocenters. The standard InChI is InChI=1S/C17H20FN3O4S/c1-11-15(16(20-25-11)12-6-4-3-5-7-12)17(22)21-10-13(18)8-14(21)9-19-26(2,23)24/h3-7,13-14,19H,8-10H2,1-2H3. The van der Waals surface area contributed by atoms with Gasteiger partial charge in [-0.3, -0.25) is 4.79 Å². The third kappa shape index (κ3) is 3.94. The first-order valence-electron chi connectivity index (χ1n) is 8.17. The van der Waals surface area contributed by atoms with Crippen molar-refractivity contribution < 1.29 is 22.1 Å². The van der Waals surface area contributed by atoms with Gasteiger partial charge in [0, 0.05) is 24.6 Å². The number of carbonyl (C=O) groups excluding carboxylic acids is 1. The van der Waals surface area contributed by atoms with Crippen LogP contribution < -0.4 is 4.72 Å². The first-order chi connectivity index (χ1) is 12.3. The number of hydrogen-bond donors (Lipinski definition) is 1. The van der Waals surface area contributed by atoms with E-state index < -0.39 is 28.1 Å². The summed E-state index contributed by atoms with van der Waals surface area (Å²) >= 11 is 0. The van der Waals surface area contributed by atoms with Gasteiger partial charge in [0.25, 0.3) is 5.91 Å². The van der Waals surface area contributed by atoms with Crippen LogP contribution in [0.3, 0.4) is 0 Å². The van der Waals surface area contributed by atoms with E-state index in [1.54, 1.807) is 19.1 Å². The number of benzene rings is 1. The average molecular weight is 381 g/mol. The number of sulfonamides is 1. The Morgan fingerprint density at radius 1 is 1.38 bits per heavy atom. The Morgan fingerprint density at radius 2 is 2.08 bits per heavy atom. The molecule has 1 amide bonds. The molecule has 1 N–H and O–H groups in total. The van der Waals surface area contributed by atoms with Gasteiger partial charge in [-0.05, 0) is 6.92 Å². The monoisotopic (exact) mass is 381 g/mol. The molecule has 1 aromatic heterocycles. The zero-order valence-corrected chi connectivity index (χ0v) is 15.3. The number of likely N-dealkylation sites (tertiary alicyclic amines) is 1. The number of nitrogens with zero attached hydrogens (tertiary/aromatic N) is 2. The molecule has 1 aliphatic rings. The molecule has 0 saturated carbocycles. The molecule has 0 radical (unpaired) electrons. The Balaban J connectivity index is 1.90. The zero-order valence-electron chi connectivity index (χ0n) is 14.5. The van der Waals surface area contributed by atoms with E-state index in [0.717, 1.165) is 11.8 Å². The van der Waals surface area contributed by atoms with E-state index >= 15 is 0 Å². The lowest BCUT2D eigenvalue weighted by atomic mass is 10.0. The summed E-state index contributed by atoms with van der Waals surface area (Å²) in [5, 5.41) is 3.98. The maximum atomic E-state index is 14.0. The molecule has 3 rings (SSSR count). The Labute approximate surface area is 151 Å². The molecule has 0 aliphatic carbocycles. The van der Waals surface area contributed by atoms with E-state index in [0.29, 0.717) is 11.5 Å². The van der Waals surface area contributed by atoms with Gasteiger partial charge in [-0.2, -0.15) is 0 Å². The fourth-order valence-electron chi connectivity index (χ4n) is 3.11. The van der Waals surface area contributed by atoms with Gasteiger partial charge >= 0.3 is 0 Å². The summed E-state index contributed by atoms with van der Waals surface area (Å²) in [4.78, 5) is 14.4. The second-order valence-electron chi connectivity index (χ2n) is 6.39. The normalized spacial score (nSPS) is 20.5. The van der Waals surface area contributed by atoms with Crippen LogP contribution in [0.2, 0.25) is 0 Å². The lowest BCUT2D eigenvalue weighted by molar-refractivity contribution is 0.0730. The lowest BCUT2D eigenvalue weighted by Gasteiger charge is -2.24. The largest absolute Gasteiger partial charge is 0.360 e. The van der Waals surface area contributed by atoms with Gasteiger partial charge < -0.3 is 9.42 Å². The summed E-state index contributed by atoms with van der Waals surface area (Å²) in [7, 11) is -3.43. The van der Waals surface area contributed by atoms with Crippen LogP contribution in [-0.4, -0.2) is 55.9 Å². The third-order valence-corrected chi connectivity index (χ3v) is 5.02. The fourth-order valence-corrected chi connectivity index (χ4v) is 3.61. The van der Waals surface area contributed by atoms with Crippen molar-refractivity contribution in [2.45, 2.75) is 25.6 Å². The first-order valence-corrected chi connectivity index (χ1v) is 10.1. The summed E-state index contributed by atoms with van der Waals surface area (Å²) in [5.41, 5.74) is 1.38. The van der Waals surface area contributed by atoms with Crippen LogP contribution in [0.4, 0.5) is 4.39 Å². The number of amides is 1. The molecule has 9 heteroatoms. The highest BCUT2D eigenvalue weighted by molar-refractivity contribution is 7.88. The van der Waals surface area contributed by atoms with E-state index in [2.05, 4.69) is 9.88 Å². The number of nitrogens with one attached hydrogen (secondary N) is 1. The number of alkyl halides is 1. The van der Waals surface area contributed by atoms with Crippen LogP contribution in [0.25, 0.3) is 11.3 Å². The van der Waals surface area contributed by atoms with Gasteiger partial charge in [-0.15, -0.1) is 0 Å². The molecule has 1 fully saturated rings. The van der Waals surface area contributed by atoms with Crippen molar-refractivity contribution in [3.8, 4) is 11.3 Å². The smallest absolute Gasteiger partial charge is 0.260 e. The number of halogens is 1. The molecule has 2 aromatic rings. The Morgan fingerprint density at radius 3 is 2.73 bits per heavy atom. The van der Waals surface area contributed by atoms with Gasteiger partial charge in [0.1, 0.15) is 23.2 Å². The molecular weight excluding hydrogens is 361 g/mol. The van der Waals surface area contributed by atoms with Gasteiger partial charge in [-0.25, -0.2) is 17.5 Å². The molecule has 0 spiro atoms. The summed E-state index contributed by atoms with van der Waals surface area (Å²) in [6, 6.07) is 8.53. The molecule has 140 valence electrons. The topological polar surface area (TPSA) is 92.5 Å². The van der Waals surface area contributed by atoms with Crippen molar-refractivity contribution in [2.24, 2.45) is 0 Å². The second-order valence-corrected chi connectivity index (χ2v) is 8.23. The van der Waals surface area contributed by atoms with Crippen LogP contribution >= 0.6 is 0 Å². The van der Waals surface area contributed by atoms with E-state index in [1.807, 2.05) is 18.2 Å². The predicted octanol–water partition coefficient (Wildman–Crippen LogP) is 1.75. The van der Waals surface area contributed by atoms with Crippen molar-refractivity contribution in [3.05, 3.63) is 41.7 Å². The van der Waals surface area contributed by atoms with Crippen molar-refractivity contribution in [1.82, 2.24) is 14.8 Å². The van der Waals surface area contributed by atoms with E-state index in [1.165, 1.54) is 4.90 Å². The quantitative estimate of drug-likeness (QED) is 0.852. The van der Waals surface area contributed by atoms with Crippen LogP contribution in [0.15, 0.2) is 34.9 Å². The minimum Gasteiger partial charge on any atom is -0.360 e. The minimum atomic E-state index is -3.43. The number of rotatable bonds is 5. The molecule has 1 aliphatic heterocycles. The first kappa shape index (κ1) is 18.5. The highest BCUT2D eigenvalue weighted by Gasteiger charge is 2.38. The van der Waals surface area contributed by atoms with Gasteiger partial charge in [-0.1, -0.05) is 35.5 Å². The number of aromatic nitrogens is 1. The van der Waals surface area contributed by atoms with Crippen LogP contribution in [0, 0.1) is 6.92 Å². The average Bonchev–Trinajstić information content (AvgIpc) is 3.15. The van der Waals surface area contributed by atoms with Crippen LogP contribution in [0.5, 0.6) is 0 Å². The van der Waals surface area contributed by atoms with Crippen LogP contribution in [-0.2, 0) is 10.0 Å². The summed E-state index contributed by atoms with van der Waals surface area (Å²) < 4.78 is 44.2. The van der Waals surface area contributed by atoms with Crippen molar-refractivity contribution in [1.29, 1.82) is 0 Å². The van der Waals surface area contributed by atoms with Crippen molar-refractivity contribution in [2.75, 3.05) is 19.3 Å². The molecular formula is C17H20FN3O4S. The van der Waals surface area contributed by atoms with Crippen molar-refractivity contribution in [3.63, 3.8) is 0 Å². The summed E-state index contributed by atoms with van der Waals surface area (Å²) in [6.45, 7) is 1.50. The summed E-state index contributed by atoms with van der Waals surface area (Å²) in [6.07, 6.45) is -0.0940. The maximum Gasteiger partial charge on any atom is 0.260 e. The predicted molar refractivity (Wildman–Crippen MR) is 93.9 cm³/mol. The Hall–Kier alpha value is -2.26. The van der Waals surface area contributed by atoms with E-state index in [4.69, 9.17) is 4.52 Å². The minimum absolute atomic E-state index is 0.0318. The molecule has 1 aromatic carbocycles. The van der Waals surface area contributed by atoms with E-state index in [-0.39, 0.29) is 25.1 Å². The Bertz CT molecular complexity index is 898. The lowest BCUT2D eigenvalue weighted by Crippen LogP contribution is -2.43. The fraction of sp³-hybridized carbons (Fsp3) is 0.412. The second kappa shape index (κ2) is 7.16. The third-order valence-electron chi connectivity index (χ3n) is 4.33. The molecule has 2 unspecified atom stereocenters. The van der Waals surface area contributed by atoms with Gasteiger partial charge in [0.15, 0.2) is 0 Å². The number of aryl methyl sites for hydroxylation is 1. The number of carbonyl (C=O) groups is 1. The zero-order chi connectivity index (χ0) is 18.9. The molecule has 1 saturated heterocycles. The summed E-state index contributed by atoms with van der Waals surface area (Å²) in [5.74, 6) is -0.0750. The molecule has 26 heavy (non-hydrogen) atoms. The van der Waals surface area contributed by atoms with E-state index in [9.17, 15) is 17.6 Å². The Kier molecular flexibility index (Phi) is 5.10. The molecule has 7 nitrogen and oxygen atoms in total. The van der Waals surface area contributed by atoms with Gasteiger partial charge in [0.05, 0.1) is 12.8 Å². The van der Waals surface area contributed by atoms with Crippen LogP contribution in [0.1, 0.15) is 22.5 Å². The highest BCUT2D eigenvalue weighted by Crippen LogP contribution is 2.29. The SMILES string of the molecule is Cc1onc(-c2ccccc2)c1C(=O)N1CC(F)CC1CNS(C)(=O)=O. The maximum absolute atomic E-state index is 14.0. The molecule has 0 bridgehead atoms. The number of hydrogen-bond acceptors (Lipinski definition) is 5. The highest BCUT2D eigenvalue weighted by atomic mass is 32.2. The van der Waals surface area contributed by atoms with Crippen molar-refractivity contribution >= 4 is 15.9 Å². The van der Waals surface area contributed by atoms with Gasteiger partial charge in [0.2, 0.25) is 10.0 Å².